The van der Waals surface area contributed by atoms with E-state index in [1.54, 1.807) is 60.7 Å². The number of rotatable bonds is 9. The summed E-state index contributed by atoms with van der Waals surface area (Å²) in [4.78, 5) is 30.2. The van der Waals surface area contributed by atoms with Crippen LogP contribution < -0.4 is 15.0 Å². The first-order valence-electron chi connectivity index (χ1n) is 12.6. The van der Waals surface area contributed by atoms with Crippen LogP contribution in [0.1, 0.15) is 39.3 Å². The van der Waals surface area contributed by atoms with Gasteiger partial charge in [0.15, 0.2) is 0 Å². The maximum atomic E-state index is 14.2. The predicted octanol–water partition coefficient (Wildman–Crippen LogP) is 4.57. The van der Waals surface area contributed by atoms with Gasteiger partial charge in [-0.2, -0.15) is 4.80 Å². The largest absolute Gasteiger partial charge is 0.494 e. The number of para-hydroxylation sites is 1. The summed E-state index contributed by atoms with van der Waals surface area (Å²) in [6.45, 7) is 7.68. The van der Waals surface area contributed by atoms with Crippen LogP contribution in [0.5, 0.6) is 5.75 Å². The lowest BCUT2D eigenvalue weighted by atomic mass is 10.0. The lowest BCUT2D eigenvalue weighted by molar-refractivity contribution is -0.128. The minimum absolute atomic E-state index is 0.0562. The third-order valence-electron chi connectivity index (χ3n) is 5.66. The molecule has 0 aliphatic rings. The standard InChI is InChI=1S/C29H31FN6O3/c1-5-39-22-17-15-20(16-18-22)26(28(38)31-29(2,3)4)36(21-11-7-6-8-12-21)25(37)19-35-33-27(32-34-35)23-13-9-10-14-24(23)30/h6-18,26H,5,19H2,1-4H3,(H,31,38). The fraction of sp³-hybridized carbons (Fsp3) is 0.276. The highest BCUT2D eigenvalue weighted by atomic mass is 19.1. The van der Waals surface area contributed by atoms with Gasteiger partial charge in [0.25, 0.3) is 5.91 Å². The molecule has 39 heavy (non-hydrogen) atoms. The first-order chi connectivity index (χ1) is 18.7. The summed E-state index contributed by atoms with van der Waals surface area (Å²) < 4.78 is 19.8. The molecule has 3 aromatic carbocycles. The number of tetrazole rings is 1. The van der Waals surface area contributed by atoms with Crippen LogP contribution in [-0.2, 0) is 16.1 Å². The van der Waals surface area contributed by atoms with Gasteiger partial charge in [-0.25, -0.2) is 4.39 Å². The van der Waals surface area contributed by atoms with Gasteiger partial charge in [-0.1, -0.05) is 42.5 Å². The number of nitrogens with one attached hydrogen (secondary N) is 1. The molecule has 0 radical (unpaired) electrons. The number of anilines is 1. The minimum atomic E-state index is -1.01. The Kier molecular flexibility index (Phi) is 8.33. The number of amides is 2. The predicted molar refractivity (Wildman–Crippen MR) is 145 cm³/mol. The number of hydrogen-bond donors (Lipinski definition) is 1. The van der Waals surface area contributed by atoms with Gasteiger partial charge in [0.1, 0.15) is 24.2 Å². The van der Waals surface area contributed by atoms with E-state index in [1.807, 2.05) is 33.8 Å². The first kappa shape index (κ1) is 27.4. The van der Waals surface area contributed by atoms with Crippen LogP contribution in [-0.4, -0.2) is 44.2 Å². The molecule has 1 N–H and O–H groups in total. The molecule has 4 rings (SSSR count). The van der Waals surface area contributed by atoms with Crippen LogP contribution in [0.4, 0.5) is 10.1 Å². The second kappa shape index (κ2) is 11.8. The van der Waals surface area contributed by atoms with Gasteiger partial charge < -0.3 is 10.1 Å². The topological polar surface area (TPSA) is 102 Å². The van der Waals surface area contributed by atoms with Gasteiger partial charge in [-0.05, 0) is 74.9 Å². The van der Waals surface area contributed by atoms with Gasteiger partial charge in [-0.3, -0.25) is 14.5 Å². The summed E-state index contributed by atoms with van der Waals surface area (Å²) in [5.74, 6) is -0.602. The summed E-state index contributed by atoms with van der Waals surface area (Å²) in [6, 6.07) is 21.0. The quantitative estimate of drug-likeness (QED) is 0.340. The summed E-state index contributed by atoms with van der Waals surface area (Å²) in [5.41, 5.74) is 0.734. The summed E-state index contributed by atoms with van der Waals surface area (Å²) >= 11 is 0. The highest BCUT2D eigenvalue weighted by molar-refractivity contribution is 6.01. The molecule has 202 valence electrons. The zero-order chi connectivity index (χ0) is 28.0. The number of ether oxygens (including phenoxy) is 1. The SMILES string of the molecule is CCOc1ccc(C(C(=O)NC(C)(C)C)N(C(=O)Cn2nnc(-c3ccccc3F)n2)c2ccccc2)cc1. The molecular weight excluding hydrogens is 499 g/mol. The molecule has 10 heteroatoms. The number of hydrogen-bond acceptors (Lipinski definition) is 6. The van der Waals surface area contributed by atoms with Crippen LogP contribution >= 0.6 is 0 Å². The van der Waals surface area contributed by atoms with Crippen LogP contribution in [0.3, 0.4) is 0 Å². The Morgan fingerprint density at radius 1 is 1.00 bits per heavy atom. The van der Waals surface area contributed by atoms with Crippen molar-refractivity contribution < 1.29 is 18.7 Å². The molecular formula is C29H31FN6O3. The van der Waals surface area contributed by atoms with E-state index < -0.39 is 23.3 Å². The number of benzene rings is 3. The van der Waals surface area contributed by atoms with Gasteiger partial charge in [0, 0.05) is 11.2 Å². The number of carbonyl (C=O) groups is 2. The summed E-state index contributed by atoms with van der Waals surface area (Å²) in [6.07, 6.45) is 0. The second-order valence-electron chi connectivity index (χ2n) is 9.87. The van der Waals surface area contributed by atoms with Crippen LogP contribution in [0.25, 0.3) is 11.4 Å². The van der Waals surface area contributed by atoms with E-state index in [0.29, 0.717) is 23.6 Å². The van der Waals surface area contributed by atoms with E-state index >= 15 is 0 Å². The van der Waals surface area contributed by atoms with Crippen molar-refractivity contribution in [2.75, 3.05) is 11.5 Å². The molecule has 0 fully saturated rings. The number of carbonyl (C=O) groups excluding carboxylic acids is 2. The minimum Gasteiger partial charge on any atom is -0.494 e. The monoisotopic (exact) mass is 530 g/mol. The van der Waals surface area contributed by atoms with Crippen molar-refractivity contribution in [2.45, 2.75) is 45.8 Å². The third kappa shape index (κ3) is 6.84. The van der Waals surface area contributed by atoms with Gasteiger partial charge in [0.2, 0.25) is 11.7 Å². The first-order valence-corrected chi connectivity index (χ1v) is 12.6. The van der Waals surface area contributed by atoms with E-state index in [9.17, 15) is 14.0 Å². The third-order valence-corrected chi connectivity index (χ3v) is 5.66. The Hall–Kier alpha value is -4.60. The fourth-order valence-corrected chi connectivity index (χ4v) is 4.05. The maximum absolute atomic E-state index is 14.2. The van der Waals surface area contributed by atoms with E-state index in [0.717, 1.165) is 4.80 Å². The van der Waals surface area contributed by atoms with Gasteiger partial charge in [-0.15, -0.1) is 10.2 Å². The molecule has 0 bridgehead atoms. The average molecular weight is 531 g/mol. The van der Waals surface area contributed by atoms with Crippen LogP contribution in [0.15, 0.2) is 78.9 Å². The molecule has 1 aromatic heterocycles. The molecule has 9 nitrogen and oxygen atoms in total. The lowest BCUT2D eigenvalue weighted by Crippen LogP contribution is -2.50. The van der Waals surface area contributed by atoms with Crippen molar-refractivity contribution in [3.63, 3.8) is 0 Å². The molecule has 0 aliphatic heterocycles. The van der Waals surface area contributed by atoms with Crippen LogP contribution in [0.2, 0.25) is 0 Å². The summed E-state index contributed by atoms with van der Waals surface area (Å²) in [7, 11) is 0. The molecule has 1 unspecified atom stereocenters. The van der Waals surface area contributed by atoms with Crippen molar-refractivity contribution in [1.29, 1.82) is 0 Å². The highest BCUT2D eigenvalue weighted by Crippen LogP contribution is 2.30. The van der Waals surface area contributed by atoms with Crippen molar-refractivity contribution >= 4 is 17.5 Å². The molecule has 1 atom stereocenters. The van der Waals surface area contributed by atoms with Crippen molar-refractivity contribution in [1.82, 2.24) is 25.5 Å². The molecule has 0 spiro atoms. The number of nitrogens with zero attached hydrogens (tertiary/aromatic N) is 5. The van der Waals surface area contributed by atoms with Crippen molar-refractivity contribution in [3.8, 4) is 17.1 Å². The second-order valence-corrected chi connectivity index (χ2v) is 9.87. The highest BCUT2D eigenvalue weighted by Gasteiger charge is 2.35. The van der Waals surface area contributed by atoms with E-state index in [-0.39, 0.29) is 23.8 Å². The van der Waals surface area contributed by atoms with E-state index in [1.165, 1.54) is 17.0 Å². The maximum Gasteiger partial charge on any atom is 0.251 e. The van der Waals surface area contributed by atoms with E-state index in [2.05, 4.69) is 20.7 Å². The van der Waals surface area contributed by atoms with Gasteiger partial charge in [0.05, 0.1) is 12.2 Å². The Bertz CT molecular complexity index is 1420. The smallest absolute Gasteiger partial charge is 0.251 e. The normalized spacial score (nSPS) is 12.0. The zero-order valence-corrected chi connectivity index (χ0v) is 22.3. The average Bonchev–Trinajstić information content (AvgIpc) is 3.35. The molecule has 4 aromatic rings. The number of halogens is 1. The van der Waals surface area contributed by atoms with E-state index in [4.69, 9.17) is 4.74 Å². The molecule has 2 amide bonds. The Morgan fingerprint density at radius 2 is 1.67 bits per heavy atom. The zero-order valence-electron chi connectivity index (χ0n) is 22.3. The molecule has 0 saturated carbocycles. The molecule has 0 aliphatic carbocycles. The Balaban J connectivity index is 1.73. The van der Waals surface area contributed by atoms with Crippen LogP contribution in [0, 0.1) is 5.82 Å². The van der Waals surface area contributed by atoms with Crippen molar-refractivity contribution in [2.24, 2.45) is 0 Å². The fourth-order valence-electron chi connectivity index (χ4n) is 4.05. The Morgan fingerprint density at radius 3 is 2.31 bits per heavy atom. The van der Waals surface area contributed by atoms with Crippen molar-refractivity contribution in [3.05, 3.63) is 90.2 Å². The van der Waals surface area contributed by atoms with Gasteiger partial charge >= 0.3 is 0 Å². The molecule has 1 heterocycles. The molecule has 0 saturated heterocycles. The lowest BCUT2D eigenvalue weighted by Gasteiger charge is -2.33. The number of aromatic nitrogens is 4. The Labute approximate surface area is 226 Å². The summed E-state index contributed by atoms with van der Waals surface area (Å²) in [5, 5.41) is 15.1.